The zero-order valence-corrected chi connectivity index (χ0v) is 12.0. The molecule has 3 heterocycles. The van der Waals surface area contributed by atoms with Crippen LogP contribution in [0, 0.1) is 5.92 Å². The molecule has 1 unspecified atom stereocenters. The Morgan fingerprint density at radius 3 is 2.57 bits per heavy atom. The summed E-state index contributed by atoms with van der Waals surface area (Å²) in [5.41, 5.74) is 0.486. The van der Waals surface area contributed by atoms with Crippen LogP contribution < -0.4 is 0 Å². The number of carbonyl (C=O) groups excluding carboxylic acids is 3. The molecule has 23 heavy (non-hydrogen) atoms. The van der Waals surface area contributed by atoms with E-state index in [4.69, 9.17) is 4.84 Å². The van der Waals surface area contributed by atoms with Crippen molar-refractivity contribution >= 4 is 17.8 Å². The molecule has 0 saturated heterocycles. The summed E-state index contributed by atoms with van der Waals surface area (Å²) in [6.07, 6.45) is 2.58. The second kappa shape index (κ2) is 5.01. The predicted octanol–water partition coefficient (Wildman–Crippen LogP) is 0.595. The number of rotatable bonds is 2. The fourth-order valence-corrected chi connectivity index (χ4v) is 2.84. The summed E-state index contributed by atoms with van der Waals surface area (Å²) in [5.74, 6) is -1.49. The molecule has 0 saturated carbocycles. The number of imide groups is 1. The summed E-state index contributed by atoms with van der Waals surface area (Å²) in [6.45, 7) is 0.331. The van der Waals surface area contributed by atoms with Crippen molar-refractivity contribution in [2.45, 2.75) is 19.4 Å². The number of hydrogen-bond donors (Lipinski definition) is 0. The van der Waals surface area contributed by atoms with Crippen LogP contribution in [0.25, 0.3) is 0 Å². The highest BCUT2D eigenvalue weighted by molar-refractivity contribution is 6.20. The van der Waals surface area contributed by atoms with Gasteiger partial charge in [0.25, 0.3) is 11.8 Å². The van der Waals surface area contributed by atoms with E-state index in [1.165, 1.54) is 18.5 Å². The Morgan fingerprint density at radius 2 is 1.87 bits per heavy atom. The lowest BCUT2D eigenvalue weighted by atomic mass is 10.0. The molecule has 2 amide bonds. The van der Waals surface area contributed by atoms with Crippen molar-refractivity contribution < 1.29 is 19.2 Å². The van der Waals surface area contributed by atoms with E-state index in [1.54, 1.807) is 16.8 Å². The number of aromatic nitrogens is 3. The molecule has 0 fully saturated rings. The van der Waals surface area contributed by atoms with Gasteiger partial charge in [0, 0.05) is 6.42 Å². The van der Waals surface area contributed by atoms with E-state index in [-0.39, 0.29) is 11.1 Å². The zero-order valence-electron chi connectivity index (χ0n) is 12.0. The number of hydroxylamine groups is 2. The maximum absolute atomic E-state index is 12.3. The standard InChI is InChI=1S/C15H12N4O4/c20-13-10-3-1-2-4-11(10)14(21)19(13)23-15(22)9-5-6-12-16-8-17-18(12)7-9/h1-4,8-9H,5-7H2. The third-order valence-corrected chi connectivity index (χ3v) is 4.08. The molecule has 0 radical (unpaired) electrons. The Morgan fingerprint density at radius 1 is 1.17 bits per heavy atom. The highest BCUT2D eigenvalue weighted by atomic mass is 16.7. The maximum Gasteiger partial charge on any atom is 0.338 e. The van der Waals surface area contributed by atoms with Crippen molar-refractivity contribution in [3.05, 3.63) is 47.5 Å². The number of carbonyl (C=O) groups is 3. The molecule has 2 aliphatic heterocycles. The average Bonchev–Trinajstić information content (AvgIpc) is 3.13. The van der Waals surface area contributed by atoms with Crippen LogP contribution in [0.4, 0.5) is 0 Å². The van der Waals surface area contributed by atoms with E-state index in [1.807, 2.05) is 0 Å². The molecule has 1 atom stereocenters. The van der Waals surface area contributed by atoms with Crippen molar-refractivity contribution in [1.82, 2.24) is 19.8 Å². The predicted molar refractivity (Wildman–Crippen MR) is 74.9 cm³/mol. The first-order valence-electron chi connectivity index (χ1n) is 7.21. The van der Waals surface area contributed by atoms with E-state index >= 15 is 0 Å². The molecule has 0 bridgehead atoms. The summed E-state index contributed by atoms with van der Waals surface area (Å²) in [6, 6.07) is 6.38. The second-order valence-corrected chi connectivity index (χ2v) is 5.45. The summed E-state index contributed by atoms with van der Waals surface area (Å²) in [4.78, 5) is 45.8. The van der Waals surface area contributed by atoms with Gasteiger partial charge in [-0.2, -0.15) is 5.10 Å². The van der Waals surface area contributed by atoms with E-state index in [0.717, 1.165) is 5.82 Å². The lowest BCUT2D eigenvalue weighted by molar-refractivity contribution is -0.175. The number of amides is 2. The minimum Gasteiger partial charge on any atom is -0.329 e. The molecule has 116 valence electrons. The average molecular weight is 312 g/mol. The third-order valence-electron chi connectivity index (χ3n) is 4.08. The largest absolute Gasteiger partial charge is 0.338 e. The van der Waals surface area contributed by atoms with Crippen LogP contribution in [0.1, 0.15) is 33.0 Å². The monoisotopic (exact) mass is 312 g/mol. The van der Waals surface area contributed by atoms with Crippen LogP contribution in [0.15, 0.2) is 30.6 Å². The van der Waals surface area contributed by atoms with Crippen LogP contribution >= 0.6 is 0 Å². The molecule has 1 aromatic carbocycles. The lowest BCUT2D eigenvalue weighted by Gasteiger charge is -2.22. The smallest absolute Gasteiger partial charge is 0.329 e. The van der Waals surface area contributed by atoms with Crippen molar-refractivity contribution in [1.29, 1.82) is 0 Å². The van der Waals surface area contributed by atoms with Gasteiger partial charge in [0.05, 0.1) is 23.6 Å². The molecule has 0 aliphatic carbocycles. The van der Waals surface area contributed by atoms with Gasteiger partial charge < -0.3 is 4.84 Å². The Bertz CT molecular complexity index is 793. The van der Waals surface area contributed by atoms with Gasteiger partial charge in [-0.15, -0.1) is 0 Å². The van der Waals surface area contributed by atoms with Gasteiger partial charge in [-0.05, 0) is 18.6 Å². The second-order valence-electron chi connectivity index (χ2n) is 5.45. The van der Waals surface area contributed by atoms with Gasteiger partial charge in [-0.3, -0.25) is 9.59 Å². The summed E-state index contributed by atoms with van der Waals surface area (Å²) >= 11 is 0. The van der Waals surface area contributed by atoms with Gasteiger partial charge in [0.15, 0.2) is 0 Å². The lowest BCUT2D eigenvalue weighted by Crippen LogP contribution is -2.37. The van der Waals surface area contributed by atoms with E-state index in [9.17, 15) is 14.4 Å². The highest BCUT2D eigenvalue weighted by Crippen LogP contribution is 2.25. The number of aryl methyl sites for hydroxylation is 1. The Kier molecular flexibility index (Phi) is 2.97. The molecule has 0 spiro atoms. The van der Waals surface area contributed by atoms with Crippen LogP contribution in [0.2, 0.25) is 0 Å². The van der Waals surface area contributed by atoms with Gasteiger partial charge >= 0.3 is 5.97 Å². The normalized spacial score (nSPS) is 19.5. The molecular weight excluding hydrogens is 300 g/mol. The topological polar surface area (TPSA) is 94.4 Å². The fraction of sp³-hybridized carbons (Fsp3) is 0.267. The van der Waals surface area contributed by atoms with Crippen molar-refractivity contribution in [3.63, 3.8) is 0 Å². The first-order chi connectivity index (χ1) is 11.1. The summed E-state index contributed by atoms with van der Waals surface area (Å²) in [7, 11) is 0. The molecule has 8 nitrogen and oxygen atoms in total. The Labute approximate surface area is 130 Å². The van der Waals surface area contributed by atoms with E-state index in [2.05, 4.69) is 10.1 Å². The molecule has 4 rings (SSSR count). The van der Waals surface area contributed by atoms with Crippen LogP contribution in [0.3, 0.4) is 0 Å². The number of nitrogens with zero attached hydrogens (tertiary/aromatic N) is 4. The van der Waals surface area contributed by atoms with Gasteiger partial charge in [0.1, 0.15) is 12.2 Å². The Hall–Kier alpha value is -3.03. The fourth-order valence-electron chi connectivity index (χ4n) is 2.84. The van der Waals surface area contributed by atoms with Crippen LogP contribution in [0.5, 0.6) is 0 Å². The minimum atomic E-state index is -0.615. The van der Waals surface area contributed by atoms with Crippen molar-refractivity contribution in [3.8, 4) is 0 Å². The molecule has 2 aliphatic rings. The quantitative estimate of drug-likeness (QED) is 0.754. The van der Waals surface area contributed by atoms with E-state index < -0.39 is 23.7 Å². The van der Waals surface area contributed by atoms with Gasteiger partial charge in [0.2, 0.25) is 0 Å². The first kappa shape index (κ1) is 13.6. The number of hydrogen-bond acceptors (Lipinski definition) is 6. The molecule has 2 aromatic rings. The van der Waals surface area contributed by atoms with E-state index in [0.29, 0.717) is 24.4 Å². The SMILES string of the molecule is O=C(ON1C(=O)c2ccccc2C1=O)C1CCc2ncnn2C1. The minimum absolute atomic E-state index is 0.243. The van der Waals surface area contributed by atoms with Crippen LogP contribution in [-0.2, 0) is 22.6 Å². The Balaban J connectivity index is 1.50. The molecule has 1 aromatic heterocycles. The number of fused-ring (bicyclic) bond motifs is 2. The van der Waals surface area contributed by atoms with Crippen LogP contribution in [-0.4, -0.2) is 37.6 Å². The maximum atomic E-state index is 12.3. The molecule has 8 heteroatoms. The first-order valence-corrected chi connectivity index (χ1v) is 7.21. The molecule has 0 N–H and O–H groups in total. The molecular formula is C15H12N4O4. The van der Waals surface area contributed by atoms with Crippen molar-refractivity contribution in [2.24, 2.45) is 5.92 Å². The third kappa shape index (κ3) is 2.10. The van der Waals surface area contributed by atoms with Crippen molar-refractivity contribution in [2.75, 3.05) is 0 Å². The number of benzene rings is 1. The summed E-state index contributed by atoms with van der Waals surface area (Å²) in [5, 5.41) is 4.58. The van der Waals surface area contributed by atoms with Gasteiger partial charge in [-0.1, -0.05) is 17.2 Å². The zero-order chi connectivity index (χ0) is 16.0. The highest BCUT2D eigenvalue weighted by Gasteiger charge is 2.40. The summed E-state index contributed by atoms with van der Waals surface area (Å²) < 4.78 is 1.64. The van der Waals surface area contributed by atoms with Gasteiger partial charge in [-0.25, -0.2) is 14.5 Å².